The van der Waals surface area contributed by atoms with Crippen molar-refractivity contribution < 1.29 is 9.59 Å². The fourth-order valence-electron chi connectivity index (χ4n) is 2.86. The second-order valence-corrected chi connectivity index (χ2v) is 8.13. The van der Waals surface area contributed by atoms with Crippen LogP contribution < -0.4 is 10.2 Å². The lowest BCUT2D eigenvalue weighted by Crippen LogP contribution is -2.32. The number of nitrogens with one attached hydrogen (secondary N) is 1. The number of carbonyl (C=O) groups excluding carboxylic acids is 2. The third-order valence-corrected chi connectivity index (χ3v) is 5.76. The number of carbonyl (C=O) groups is 2. The number of imide groups is 1. The Bertz CT molecular complexity index is 1120. The highest BCUT2D eigenvalue weighted by atomic mass is 35.5. The summed E-state index contributed by atoms with van der Waals surface area (Å²) in [5.41, 5.74) is 1.29. The molecule has 3 aromatic rings. The second-order valence-electron chi connectivity index (χ2n) is 6.18. The van der Waals surface area contributed by atoms with Gasteiger partial charge in [-0.3, -0.25) is 9.59 Å². The van der Waals surface area contributed by atoms with Gasteiger partial charge in [-0.15, -0.1) is 0 Å². The number of thioether (sulfide) groups is 1. The largest absolute Gasteiger partial charge is 0.350 e. The summed E-state index contributed by atoms with van der Waals surface area (Å²) in [5, 5.41) is 4.13. The minimum atomic E-state index is -0.435. The SMILES string of the molecule is O=C1C(Nc2cccc(Cl)c2)=C(Sc2ccccc2)C(=O)N1c1ccc(Cl)cc1. The highest BCUT2D eigenvalue weighted by Crippen LogP contribution is 2.38. The highest BCUT2D eigenvalue weighted by Gasteiger charge is 2.40. The predicted molar refractivity (Wildman–Crippen MR) is 118 cm³/mol. The Hall–Kier alpha value is -2.73. The number of rotatable bonds is 5. The molecule has 4 rings (SSSR count). The van der Waals surface area contributed by atoms with Crippen molar-refractivity contribution in [3.05, 3.63) is 99.5 Å². The van der Waals surface area contributed by atoms with Crippen LogP contribution in [0.2, 0.25) is 10.0 Å². The molecule has 2 amide bonds. The second kappa shape index (κ2) is 8.33. The first-order valence-electron chi connectivity index (χ1n) is 8.67. The van der Waals surface area contributed by atoms with E-state index < -0.39 is 11.8 Å². The molecular formula is C22H14Cl2N2O2S. The van der Waals surface area contributed by atoms with Crippen molar-refractivity contribution >= 4 is 58.2 Å². The van der Waals surface area contributed by atoms with Crippen LogP contribution >= 0.6 is 35.0 Å². The molecule has 3 aromatic carbocycles. The van der Waals surface area contributed by atoms with Crippen LogP contribution in [0.3, 0.4) is 0 Å². The average molecular weight is 441 g/mol. The third kappa shape index (κ3) is 4.17. The van der Waals surface area contributed by atoms with Gasteiger partial charge in [0.25, 0.3) is 11.8 Å². The first kappa shape index (κ1) is 19.6. The van der Waals surface area contributed by atoms with E-state index in [1.165, 1.54) is 11.8 Å². The Labute approximate surface area is 182 Å². The molecule has 0 saturated carbocycles. The molecule has 0 aliphatic carbocycles. The summed E-state index contributed by atoms with van der Waals surface area (Å²) in [6.07, 6.45) is 0. The van der Waals surface area contributed by atoms with Gasteiger partial charge in [0.15, 0.2) is 0 Å². The number of hydrogen-bond acceptors (Lipinski definition) is 4. The summed E-state index contributed by atoms with van der Waals surface area (Å²) >= 11 is 13.3. The van der Waals surface area contributed by atoms with Crippen molar-refractivity contribution in [3.63, 3.8) is 0 Å². The molecule has 1 aliphatic rings. The first-order chi connectivity index (χ1) is 14.0. The standard InChI is InChI=1S/C22H14Cl2N2O2S/c23-14-9-11-17(12-10-14)26-21(27)19(25-16-6-4-5-15(24)13-16)20(22(26)28)29-18-7-2-1-3-8-18/h1-13,25H. The van der Waals surface area contributed by atoms with Gasteiger partial charge in [0.1, 0.15) is 10.6 Å². The Morgan fingerprint density at radius 2 is 1.48 bits per heavy atom. The van der Waals surface area contributed by atoms with Gasteiger partial charge < -0.3 is 5.32 Å². The summed E-state index contributed by atoms with van der Waals surface area (Å²) in [5.74, 6) is -0.827. The lowest BCUT2D eigenvalue weighted by molar-refractivity contribution is -0.120. The molecule has 4 nitrogen and oxygen atoms in total. The van der Waals surface area contributed by atoms with Gasteiger partial charge in [-0.25, -0.2) is 4.90 Å². The van der Waals surface area contributed by atoms with Gasteiger partial charge in [-0.1, -0.05) is 59.2 Å². The molecule has 0 fully saturated rings. The van der Waals surface area contributed by atoms with Crippen LogP contribution in [0.5, 0.6) is 0 Å². The van der Waals surface area contributed by atoms with Crippen molar-refractivity contribution in [2.24, 2.45) is 0 Å². The minimum Gasteiger partial charge on any atom is -0.350 e. The molecule has 1 aliphatic heterocycles. The highest BCUT2D eigenvalue weighted by molar-refractivity contribution is 8.04. The molecule has 0 radical (unpaired) electrons. The summed E-state index contributed by atoms with van der Waals surface area (Å²) in [4.78, 5) is 28.7. The number of amides is 2. The van der Waals surface area contributed by atoms with Gasteiger partial charge in [0.05, 0.1) is 5.69 Å². The average Bonchev–Trinajstić information content (AvgIpc) is 2.94. The van der Waals surface area contributed by atoms with Gasteiger partial charge in [0, 0.05) is 20.6 Å². The monoisotopic (exact) mass is 440 g/mol. The number of benzene rings is 3. The van der Waals surface area contributed by atoms with E-state index in [9.17, 15) is 9.59 Å². The fraction of sp³-hybridized carbons (Fsp3) is 0. The quantitative estimate of drug-likeness (QED) is 0.495. The van der Waals surface area contributed by atoms with Gasteiger partial charge in [-0.05, 0) is 54.6 Å². The van der Waals surface area contributed by atoms with E-state index >= 15 is 0 Å². The molecule has 0 aromatic heterocycles. The summed E-state index contributed by atoms with van der Waals surface area (Å²) in [6, 6.07) is 23.0. The fourth-order valence-corrected chi connectivity index (χ4v) is 4.12. The van der Waals surface area contributed by atoms with E-state index in [2.05, 4.69) is 5.32 Å². The summed E-state index contributed by atoms with van der Waals surface area (Å²) in [7, 11) is 0. The number of anilines is 2. The Morgan fingerprint density at radius 1 is 0.759 bits per heavy atom. The molecule has 0 spiro atoms. The van der Waals surface area contributed by atoms with Gasteiger partial charge in [0.2, 0.25) is 0 Å². The summed E-state index contributed by atoms with van der Waals surface area (Å²) in [6.45, 7) is 0. The molecule has 0 bridgehead atoms. The van der Waals surface area contributed by atoms with E-state index in [0.717, 1.165) is 9.80 Å². The van der Waals surface area contributed by atoms with E-state index in [0.29, 0.717) is 26.3 Å². The third-order valence-electron chi connectivity index (χ3n) is 4.18. The normalized spacial score (nSPS) is 13.9. The molecular weight excluding hydrogens is 427 g/mol. The zero-order valence-corrected chi connectivity index (χ0v) is 17.3. The van der Waals surface area contributed by atoms with E-state index in [4.69, 9.17) is 23.2 Å². The van der Waals surface area contributed by atoms with E-state index in [1.807, 2.05) is 30.3 Å². The van der Waals surface area contributed by atoms with Crippen molar-refractivity contribution in [3.8, 4) is 0 Å². The minimum absolute atomic E-state index is 0.209. The molecule has 7 heteroatoms. The zero-order chi connectivity index (χ0) is 20.4. The van der Waals surface area contributed by atoms with Crippen LogP contribution in [-0.4, -0.2) is 11.8 Å². The van der Waals surface area contributed by atoms with Gasteiger partial charge >= 0.3 is 0 Å². The molecule has 0 saturated heterocycles. The van der Waals surface area contributed by atoms with Crippen LogP contribution in [-0.2, 0) is 9.59 Å². The molecule has 1 heterocycles. The lowest BCUT2D eigenvalue weighted by atomic mass is 10.3. The maximum absolute atomic E-state index is 13.2. The van der Waals surface area contributed by atoms with Crippen molar-refractivity contribution in [1.29, 1.82) is 0 Å². The number of hydrogen-bond donors (Lipinski definition) is 1. The van der Waals surface area contributed by atoms with E-state index in [-0.39, 0.29) is 5.70 Å². The molecule has 0 atom stereocenters. The van der Waals surface area contributed by atoms with Crippen LogP contribution in [0.25, 0.3) is 0 Å². The van der Waals surface area contributed by atoms with Crippen molar-refractivity contribution in [2.75, 3.05) is 10.2 Å². The van der Waals surface area contributed by atoms with Crippen LogP contribution in [0, 0.1) is 0 Å². The Balaban J connectivity index is 1.74. The molecule has 144 valence electrons. The van der Waals surface area contributed by atoms with E-state index in [1.54, 1.807) is 48.5 Å². The molecule has 1 N–H and O–H groups in total. The van der Waals surface area contributed by atoms with Gasteiger partial charge in [-0.2, -0.15) is 0 Å². The topological polar surface area (TPSA) is 49.4 Å². The van der Waals surface area contributed by atoms with Crippen molar-refractivity contribution in [1.82, 2.24) is 0 Å². The maximum atomic E-state index is 13.2. The van der Waals surface area contributed by atoms with Crippen molar-refractivity contribution in [2.45, 2.75) is 4.90 Å². The van der Waals surface area contributed by atoms with Crippen LogP contribution in [0.4, 0.5) is 11.4 Å². The molecule has 29 heavy (non-hydrogen) atoms. The first-order valence-corrected chi connectivity index (χ1v) is 10.2. The van der Waals surface area contributed by atoms with Crippen LogP contribution in [0.15, 0.2) is 94.4 Å². The number of halogens is 2. The molecule has 0 unspecified atom stereocenters. The van der Waals surface area contributed by atoms with Crippen LogP contribution in [0.1, 0.15) is 0 Å². The lowest BCUT2D eigenvalue weighted by Gasteiger charge is -2.15. The maximum Gasteiger partial charge on any atom is 0.283 e. The summed E-state index contributed by atoms with van der Waals surface area (Å²) < 4.78 is 0. The zero-order valence-electron chi connectivity index (χ0n) is 14.9. The Kier molecular flexibility index (Phi) is 5.62. The smallest absolute Gasteiger partial charge is 0.283 e. The predicted octanol–water partition coefficient (Wildman–Crippen LogP) is 5.98. The number of nitrogens with zero attached hydrogens (tertiary/aromatic N) is 1. The Morgan fingerprint density at radius 3 is 2.17 bits per heavy atom.